The molecular weight excluding hydrogens is 330 g/mol. The molecule has 1 heterocycles. The Morgan fingerprint density at radius 2 is 2.00 bits per heavy atom. The molecule has 3 rings (SSSR count). The lowest BCUT2D eigenvalue weighted by atomic mass is 10.2. The van der Waals surface area contributed by atoms with Crippen LogP contribution in [0.1, 0.15) is 22.8 Å². The number of esters is 1. The summed E-state index contributed by atoms with van der Waals surface area (Å²) in [5, 5.41) is 10.0. The molecule has 2 aromatic rings. The second-order valence-electron chi connectivity index (χ2n) is 5.58. The number of halogens is 1. The smallest absolute Gasteiger partial charge is 0.342 e. The van der Waals surface area contributed by atoms with Gasteiger partial charge in [-0.05, 0) is 43.2 Å². The molecule has 5 nitrogen and oxygen atoms in total. The molecule has 0 fully saturated rings. The van der Waals surface area contributed by atoms with E-state index in [9.17, 15) is 14.7 Å². The standard InChI is InChI=1S/C18H16ClNO4/c1-11(24-18(23)14-10-13(19)6-7-16(14)21)17(22)20-9-8-12-4-2-3-5-15(12)20/h2-7,10-11,21H,8-9H2,1H3/t11-/m1/s1. The van der Waals surface area contributed by atoms with E-state index in [0.717, 1.165) is 17.7 Å². The van der Waals surface area contributed by atoms with E-state index >= 15 is 0 Å². The summed E-state index contributed by atoms with van der Waals surface area (Å²) < 4.78 is 5.21. The molecule has 2 aromatic carbocycles. The number of nitrogens with zero attached hydrogens (tertiary/aromatic N) is 1. The second-order valence-corrected chi connectivity index (χ2v) is 6.01. The van der Waals surface area contributed by atoms with Crippen LogP contribution in [0.2, 0.25) is 5.02 Å². The van der Waals surface area contributed by atoms with Crippen molar-refractivity contribution in [1.82, 2.24) is 0 Å². The SMILES string of the molecule is C[C@@H](OC(=O)c1cc(Cl)ccc1O)C(=O)N1CCc2ccccc21. The maximum Gasteiger partial charge on any atom is 0.342 e. The Balaban J connectivity index is 1.73. The van der Waals surface area contributed by atoms with Crippen LogP contribution in [0.25, 0.3) is 0 Å². The highest BCUT2D eigenvalue weighted by Crippen LogP contribution is 2.28. The Morgan fingerprint density at radius 1 is 1.25 bits per heavy atom. The third kappa shape index (κ3) is 3.08. The van der Waals surface area contributed by atoms with Gasteiger partial charge >= 0.3 is 5.97 Å². The van der Waals surface area contributed by atoms with Crippen molar-refractivity contribution in [3.63, 3.8) is 0 Å². The number of hydrogen-bond acceptors (Lipinski definition) is 4. The van der Waals surface area contributed by atoms with Gasteiger partial charge in [0.05, 0.1) is 0 Å². The molecule has 0 unspecified atom stereocenters. The molecule has 1 amide bonds. The van der Waals surface area contributed by atoms with Crippen LogP contribution in [0, 0.1) is 0 Å². The van der Waals surface area contributed by atoms with Crippen molar-refractivity contribution < 1.29 is 19.4 Å². The summed E-state index contributed by atoms with van der Waals surface area (Å²) in [5.74, 6) is -1.33. The first-order valence-electron chi connectivity index (χ1n) is 7.56. The van der Waals surface area contributed by atoms with Crippen molar-refractivity contribution in [2.24, 2.45) is 0 Å². The lowest BCUT2D eigenvalue weighted by molar-refractivity contribution is -0.126. The number of para-hydroxylation sites is 1. The van der Waals surface area contributed by atoms with Gasteiger partial charge in [0.2, 0.25) is 0 Å². The predicted molar refractivity (Wildman–Crippen MR) is 90.5 cm³/mol. The zero-order valence-corrected chi connectivity index (χ0v) is 13.8. The zero-order chi connectivity index (χ0) is 17.3. The van der Waals surface area contributed by atoms with E-state index in [1.807, 2.05) is 24.3 Å². The van der Waals surface area contributed by atoms with E-state index in [1.54, 1.807) is 4.90 Å². The molecule has 0 saturated heterocycles. The van der Waals surface area contributed by atoms with Crippen LogP contribution < -0.4 is 4.90 Å². The first kappa shape index (κ1) is 16.3. The van der Waals surface area contributed by atoms with E-state index < -0.39 is 12.1 Å². The third-order valence-corrected chi connectivity index (χ3v) is 4.20. The van der Waals surface area contributed by atoms with Crippen molar-refractivity contribution in [3.05, 3.63) is 58.6 Å². The third-order valence-electron chi connectivity index (χ3n) is 3.96. The van der Waals surface area contributed by atoms with Crippen LogP contribution in [0.15, 0.2) is 42.5 Å². The number of carbonyl (C=O) groups is 2. The monoisotopic (exact) mass is 345 g/mol. The number of amides is 1. The van der Waals surface area contributed by atoms with Gasteiger partial charge in [-0.2, -0.15) is 0 Å². The summed E-state index contributed by atoms with van der Waals surface area (Å²) in [5.41, 5.74) is 1.87. The van der Waals surface area contributed by atoms with Crippen LogP contribution in [0.5, 0.6) is 5.75 Å². The molecule has 0 bridgehead atoms. The molecule has 1 aliphatic rings. The molecule has 1 atom stereocenters. The number of aromatic hydroxyl groups is 1. The molecule has 0 radical (unpaired) electrons. The second kappa shape index (κ2) is 6.53. The molecule has 0 aromatic heterocycles. The molecule has 6 heteroatoms. The van der Waals surface area contributed by atoms with Gasteiger partial charge in [-0.3, -0.25) is 4.79 Å². The topological polar surface area (TPSA) is 66.8 Å². The lowest BCUT2D eigenvalue weighted by Gasteiger charge is -2.21. The highest BCUT2D eigenvalue weighted by atomic mass is 35.5. The van der Waals surface area contributed by atoms with Gasteiger partial charge in [-0.1, -0.05) is 29.8 Å². The van der Waals surface area contributed by atoms with E-state index in [4.69, 9.17) is 16.3 Å². The van der Waals surface area contributed by atoms with Gasteiger partial charge in [-0.25, -0.2) is 4.79 Å². The van der Waals surface area contributed by atoms with Crippen LogP contribution in [-0.4, -0.2) is 29.6 Å². The van der Waals surface area contributed by atoms with Gasteiger partial charge in [0.25, 0.3) is 5.91 Å². The van der Waals surface area contributed by atoms with Crippen LogP contribution in [-0.2, 0) is 16.0 Å². The maximum atomic E-state index is 12.6. The summed E-state index contributed by atoms with van der Waals surface area (Å²) in [7, 11) is 0. The number of fused-ring (bicyclic) bond motifs is 1. The Bertz CT molecular complexity index is 805. The average molecular weight is 346 g/mol. The van der Waals surface area contributed by atoms with Crippen LogP contribution in [0.4, 0.5) is 5.69 Å². The van der Waals surface area contributed by atoms with Crippen molar-refractivity contribution in [1.29, 1.82) is 0 Å². The van der Waals surface area contributed by atoms with Gasteiger partial charge in [0.15, 0.2) is 6.10 Å². The van der Waals surface area contributed by atoms with Crippen molar-refractivity contribution in [2.75, 3.05) is 11.4 Å². The Morgan fingerprint density at radius 3 is 2.79 bits per heavy atom. The number of carbonyl (C=O) groups excluding carboxylic acids is 2. The van der Waals surface area contributed by atoms with Gasteiger partial charge < -0.3 is 14.7 Å². The molecule has 124 valence electrons. The highest BCUT2D eigenvalue weighted by Gasteiger charge is 2.30. The van der Waals surface area contributed by atoms with Crippen molar-refractivity contribution in [2.45, 2.75) is 19.4 Å². The van der Waals surface area contributed by atoms with Crippen molar-refractivity contribution in [3.8, 4) is 5.75 Å². The summed E-state index contributed by atoms with van der Waals surface area (Å²) >= 11 is 5.83. The minimum Gasteiger partial charge on any atom is -0.507 e. The normalized spacial score (nSPS) is 14.2. The Kier molecular flexibility index (Phi) is 4.44. The first-order chi connectivity index (χ1) is 11.5. The number of phenolic OH excluding ortho intramolecular Hbond substituents is 1. The number of hydrogen-bond donors (Lipinski definition) is 1. The maximum absolute atomic E-state index is 12.6. The molecule has 0 spiro atoms. The Labute approximate surface area is 144 Å². The fourth-order valence-electron chi connectivity index (χ4n) is 2.73. The highest BCUT2D eigenvalue weighted by molar-refractivity contribution is 6.31. The van der Waals surface area contributed by atoms with Crippen molar-refractivity contribution >= 4 is 29.2 Å². The summed E-state index contributed by atoms with van der Waals surface area (Å²) in [6, 6.07) is 11.7. The van der Waals surface area contributed by atoms with Gasteiger partial charge in [0.1, 0.15) is 11.3 Å². The van der Waals surface area contributed by atoms with E-state index in [0.29, 0.717) is 11.6 Å². The number of phenols is 1. The van der Waals surface area contributed by atoms with Gasteiger partial charge in [-0.15, -0.1) is 0 Å². The summed E-state index contributed by atoms with van der Waals surface area (Å²) in [4.78, 5) is 26.4. The average Bonchev–Trinajstić information content (AvgIpc) is 3.00. The molecule has 24 heavy (non-hydrogen) atoms. The molecule has 1 aliphatic heterocycles. The summed E-state index contributed by atoms with van der Waals surface area (Å²) in [6.07, 6.45) is -0.195. The fourth-order valence-corrected chi connectivity index (χ4v) is 2.90. The summed E-state index contributed by atoms with van der Waals surface area (Å²) in [6.45, 7) is 2.07. The Hall–Kier alpha value is -2.53. The lowest BCUT2D eigenvalue weighted by Crippen LogP contribution is -2.39. The van der Waals surface area contributed by atoms with Gasteiger partial charge in [0, 0.05) is 17.3 Å². The minimum absolute atomic E-state index is 0.0658. The first-order valence-corrected chi connectivity index (χ1v) is 7.94. The quantitative estimate of drug-likeness (QED) is 0.868. The molecular formula is C18H16ClNO4. The van der Waals surface area contributed by atoms with Crippen LogP contribution in [0.3, 0.4) is 0 Å². The molecule has 0 aliphatic carbocycles. The minimum atomic E-state index is -0.970. The number of ether oxygens (including phenoxy) is 1. The largest absolute Gasteiger partial charge is 0.507 e. The number of benzene rings is 2. The fraction of sp³-hybridized carbons (Fsp3) is 0.222. The molecule has 0 saturated carbocycles. The van der Waals surface area contributed by atoms with E-state index in [-0.39, 0.29) is 17.2 Å². The zero-order valence-electron chi connectivity index (χ0n) is 13.0. The molecule has 1 N–H and O–H groups in total. The van der Waals surface area contributed by atoms with E-state index in [1.165, 1.54) is 25.1 Å². The van der Waals surface area contributed by atoms with Crippen LogP contribution >= 0.6 is 11.6 Å². The number of anilines is 1. The van der Waals surface area contributed by atoms with E-state index in [2.05, 4.69) is 0 Å². The predicted octanol–water partition coefficient (Wildman–Crippen LogP) is 3.18. The number of rotatable bonds is 3.